The van der Waals surface area contributed by atoms with Crippen LogP contribution < -0.4 is 5.73 Å². The maximum atomic E-state index is 12.4. The number of nitrogens with two attached hydrogens (primary N) is 1. The van der Waals surface area contributed by atoms with E-state index in [0.717, 1.165) is 29.5 Å². The molecule has 0 bridgehead atoms. The highest BCUT2D eigenvalue weighted by molar-refractivity contribution is 6.07. The van der Waals surface area contributed by atoms with Gasteiger partial charge in [0.15, 0.2) is 5.78 Å². The molecule has 1 fully saturated rings. The van der Waals surface area contributed by atoms with Crippen molar-refractivity contribution in [3.05, 3.63) is 34.4 Å². The highest BCUT2D eigenvalue weighted by Gasteiger charge is 2.46. The molecule has 1 aromatic carbocycles. The maximum Gasteiger partial charge on any atom is 0.183 e. The van der Waals surface area contributed by atoms with Gasteiger partial charge in [0.2, 0.25) is 0 Å². The van der Waals surface area contributed by atoms with E-state index in [2.05, 4.69) is 32.9 Å². The number of carbonyl (C=O) groups excluding carboxylic acids is 1. The molecule has 1 aliphatic carbocycles. The number of Topliss-reactive ketones (excluding diaryl/α,β-unsaturated/α-hetero) is 1. The van der Waals surface area contributed by atoms with Crippen LogP contribution in [0.1, 0.15) is 60.7 Å². The molecule has 0 radical (unpaired) electrons. The van der Waals surface area contributed by atoms with Crippen LogP contribution in [0.3, 0.4) is 0 Å². The number of hydrogen-bond acceptors (Lipinski definition) is 2. The summed E-state index contributed by atoms with van der Waals surface area (Å²) in [4.78, 5) is 12.4. The van der Waals surface area contributed by atoms with Crippen LogP contribution in [-0.4, -0.2) is 11.3 Å². The van der Waals surface area contributed by atoms with Crippen molar-refractivity contribution in [3.8, 4) is 0 Å². The molecule has 0 heterocycles. The third-order valence-corrected chi connectivity index (χ3v) is 3.87. The summed E-state index contributed by atoms with van der Waals surface area (Å²) in [5, 5.41) is 0. The van der Waals surface area contributed by atoms with Crippen molar-refractivity contribution >= 4 is 5.78 Å². The largest absolute Gasteiger partial charge is 0.319 e. The van der Waals surface area contributed by atoms with Crippen molar-refractivity contribution in [2.75, 3.05) is 0 Å². The monoisotopic (exact) mass is 245 g/mol. The van der Waals surface area contributed by atoms with Gasteiger partial charge in [-0.3, -0.25) is 4.79 Å². The smallest absolute Gasteiger partial charge is 0.183 e. The van der Waals surface area contributed by atoms with Crippen LogP contribution in [0.4, 0.5) is 0 Å². The first-order valence-corrected chi connectivity index (χ1v) is 6.60. The molecule has 0 aliphatic heterocycles. The molecule has 2 nitrogen and oxygen atoms in total. The normalized spacial score (nSPS) is 17.7. The topological polar surface area (TPSA) is 43.1 Å². The van der Waals surface area contributed by atoms with Gasteiger partial charge in [-0.15, -0.1) is 0 Å². The average Bonchev–Trinajstić information content (AvgIpc) is 2.95. The third kappa shape index (κ3) is 2.22. The number of carbonyl (C=O) groups is 1. The van der Waals surface area contributed by atoms with E-state index in [-0.39, 0.29) is 11.2 Å². The molecule has 1 aliphatic rings. The van der Waals surface area contributed by atoms with Gasteiger partial charge in [0.05, 0.1) is 5.54 Å². The Morgan fingerprint density at radius 3 is 1.94 bits per heavy atom. The third-order valence-electron chi connectivity index (χ3n) is 3.87. The van der Waals surface area contributed by atoms with Crippen molar-refractivity contribution < 1.29 is 4.79 Å². The fraction of sp³-hybridized carbons (Fsp3) is 0.562. The molecule has 1 aromatic rings. The van der Waals surface area contributed by atoms with E-state index in [9.17, 15) is 4.79 Å². The minimum absolute atomic E-state index is 0.108. The van der Waals surface area contributed by atoms with Crippen LogP contribution in [0, 0.1) is 13.8 Å². The molecule has 0 amide bonds. The lowest BCUT2D eigenvalue weighted by Gasteiger charge is -2.22. The van der Waals surface area contributed by atoms with Crippen LogP contribution in [0.2, 0.25) is 0 Å². The zero-order chi connectivity index (χ0) is 13.7. The standard InChI is InChI=1S/C16H23NO/c1-10-8-12(15(3,4)5)9-11(2)13(10)14(18)16(17)6-7-16/h8-9H,6-7,17H2,1-5H3. The number of benzene rings is 1. The minimum Gasteiger partial charge on any atom is -0.319 e. The van der Waals surface area contributed by atoms with E-state index in [1.54, 1.807) is 0 Å². The van der Waals surface area contributed by atoms with Gasteiger partial charge in [-0.05, 0) is 48.8 Å². The van der Waals surface area contributed by atoms with Gasteiger partial charge < -0.3 is 5.73 Å². The van der Waals surface area contributed by atoms with Crippen molar-refractivity contribution in [1.82, 2.24) is 0 Å². The first-order chi connectivity index (χ1) is 8.15. The molecule has 18 heavy (non-hydrogen) atoms. The second-order valence-corrected chi connectivity index (χ2v) is 6.72. The number of aryl methyl sites for hydroxylation is 2. The van der Waals surface area contributed by atoms with Crippen LogP contribution in [-0.2, 0) is 5.41 Å². The molecular formula is C16H23NO. The molecule has 0 atom stereocenters. The number of hydrogen-bond donors (Lipinski definition) is 1. The Hall–Kier alpha value is -1.15. The van der Waals surface area contributed by atoms with Gasteiger partial charge >= 0.3 is 0 Å². The molecule has 98 valence electrons. The van der Waals surface area contributed by atoms with Crippen LogP contribution in [0.5, 0.6) is 0 Å². The zero-order valence-corrected chi connectivity index (χ0v) is 12.1. The summed E-state index contributed by atoms with van der Waals surface area (Å²) in [5.74, 6) is 0.123. The van der Waals surface area contributed by atoms with Crippen molar-refractivity contribution in [1.29, 1.82) is 0 Å². The molecule has 2 rings (SSSR count). The van der Waals surface area contributed by atoms with Gasteiger partial charge in [0, 0.05) is 5.56 Å². The first-order valence-electron chi connectivity index (χ1n) is 6.60. The first kappa shape index (κ1) is 13.3. The lowest BCUT2D eigenvalue weighted by Crippen LogP contribution is -2.34. The molecule has 0 aromatic heterocycles. The maximum absolute atomic E-state index is 12.4. The van der Waals surface area contributed by atoms with Gasteiger partial charge in [0.25, 0.3) is 0 Å². The molecule has 2 heteroatoms. The quantitative estimate of drug-likeness (QED) is 0.813. The van der Waals surface area contributed by atoms with E-state index in [4.69, 9.17) is 5.73 Å². The zero-order valence-electron chi connectivity index (χ0n) is 12.1. The molecule has 0 spiro atoms. The van der Waals surface area contributed by atoms with Gasteiger partial charge in [0.1, 0.15) is 0 Å². The second kappa shape index (κ2) is 3.92. The Morgan fingerprint density at radius 2 is 1.61 bits per heavy atom. The summed E-state index contributed by atoms with van der Waals surface area (Å²) >= 11 is 0. The van der Waals surface area contributed by atoms with E-state index in [1.165, 1.54) is 5.56 Å². The Bertz CT molecular complexity index is 481. The lowest BCUT2D eigenvalue weighted by molar-refractivity contribution is 0.0948. The van der Waals surface area contributed by atoms with Crippen molar-refractivity contribution in [2.24, 2.45) is 5.73 Å². The van der Waals surface area contributed by atoms with Gasteiger partial charge in [-0.25, -0.2) is 0 Å². The summed E-state index contributed by atoms with van der Waals surface area (Å²) in [6.45, 7) is 10.6. The van der Waals surface area contributed by atoms with Gasteiger partial charge in [-0.2, -0.15) is 0 Å². The number of rotatable bonds is 2. The highest BCUT2D eigenvalue weighted by Crippen LogP contribution is 2.38. The van der Waals surface area contributed by atoms with E-state index >= 15 is 0 Å². The Labute approximate surface area is 110 Å². The van der Waals surface area contributed by atoms with E-state index in [1.807, 2.05) is 13.8 Å². The fourth-order valence-corrected chi connectivity index (χ4v) is 2.37. The summed E-state index contributed by atoms with van der Waals surface area (Å²) in [6, 6.07) is 4.26. The molecule has 1 saturated carbocycles. The molecule has 2 N–H and O–H groups in total. The van der Waals surface area contributed by atoms with Gasteiger partial charge in [-0.1, -0.05) is 32.9 Å². The lowest BCUT2D eigenvalue weighted by atomic mass is 9.82. The Kier molecular flexibility index (Phi) is 2.90. The second-order valence-electron chi connectivity index (χ2n) is 6.72. The van der Waals surface area contributed by atoms with E-state index < -0.39 is 5.54 Å². The van der Waals surface area contributed by atoms with E-state index in [0.29, 0.717) is 0 Å². The predicted octanol–water partition coefficient (Wildman–Crippen LogP) is 3.27. The molecule has 0 saturated heterocycles. The van der Waals surface area contributed by atoms with Crippen molar-refractivity contribution in [2.45, 2.75) is 58.4 Å². The SMILES string of the molecule is Cc1cc(C(C)(C)C)cc(C)c1C(=O)C1(N)CC1. The summed E-state index contributed by atoms with van der Waals surface area (Å²) in [6.07, 6.45) is 1.65. The molecule has 0 unspecified atom stereocenters. The minimum atomic E-state index is -0.571. The Morgan fingerprint density at radius 1 is 1.17 bits per heavy atom. The van der Waals surface area contributed by atoms with Crippen LogP contribution in [0.15, 0.2) is 12.1 Å². The summed E-state index contributed by atoms with van der Waals surface area (Å²) < 4.78 is 0. The fourth-order valence-electron chi connectivity index (χ4n) is 2.37. The highest BCUT2D eigenvalue weighted by atomic mass is 16.1. The molecular weight excluding hydrogens is 222 g/mol. The van der Waals surface area contributed by atoms with Crippen LogP contribution in [0.25, 0.3) is 0 Å². The predicted molar refractivity (Wildman–Crippen MR) is 75.1 cm³/mol. The van der Waals surface area contributed by atoms with Crippen molar-refractivity contribution in [3.63, 3.8) is 0 Å². The Balaban J connectivity index is 2.48. The average molecular weight is 245 g/mol. The summed E-state index contributed by atoms with van der Waals surface area (Å²) in [7, 11) is 0. The van der Waals surface area contributed by atoms with Crippen LogP contribution >= 0.6 is 0 Å². The summed E-state index contributed by atoms with van der Waals surface area (Å²) in [5.41, 5.74) is 9.80. The number of ketones is 1.